The highest BCUT2D eigenvalue weighted by Crippen LogP contribution is 2.23. The molecule has 1 aromatic carbocycles. The highest BCUT2D eigenvalue weighted by Gasteiger charge is 2.15. The van der Waals surface area contributed by atoms with E-state index in [1.54, 1.807) is 12.3 Å². The minimum atomic E-state index is -0.279. The summed E-state index contributed by atoms with van der Waals surface area (Å²) in [5.41, 5.74) is 4.13. The van der Waals surface area contributed by atoms with Crippen LogP contribution in [0.3, 0.4) is 0 Å². The number of nitrogens with zero attached hydrogens (tertiary/aromatic N) is 2. The third kappa shape index (κ3) is 2.87. The Morgan fingerprint density at radius 3 is 3.00 bits per heavy atom. The van der Waals surface area contributed by atoms with E-state index < -0.39 is 0 Å². The average molecular weight is 300 g/mol. The lowest BCUT2D eigenvalue weighted by molar-refractivity contribution is 0.533. The highest BCUT2D eigenvalue weighted by atomic mass is 79.9. The normalized spacial score (nSPS) is 12.6. The highest BCUT2D eigenvalue weighted by molar-refractivity contribution is 9.10. The van der Waals surface area contributed by atoms with Gasteiger partial charge in [-0.05, 0) is 30.2 Å². The molecule has 0 spiro atoms. The van der Waals surface area contributed by atoms with Crippen LogP contribution < -0.4 is 11.3 Å². The zero-order chi connectivity index (χ0) is 12.3. The summed E-state index contributed by atoms with van der Waals surface area (Å²) in [5.74, 6) is 5.18. The number of nitrogens with two attached hydrogens (primary N) is 1. The molecule has 2 aromatic rings. The summed E-state index contributed by atoms with van der Waals surface area (Å²) < 4.78 is 14.0. The molecule has 0 aliphatic heterocycles. The van der Waals surface area contributed by atoms with Crippen molar-refractivity contribution in [1.29, 1.82) is 0 Å². The second-order valence-electron chi connectivity index (χ2n) is 3.55. The zero-order valence-electron chi connectivity index (χ0n) is 8.82. The van der Waals surface area contributed by atoms with Crippen molar-refractivity contribution in [2.24, 2.45) is 5.84 Å². The van der Waals surface area contributed by atoms with Gasteiger partial charge in [0.1, 0.15) is 11.5 Å². The van der Waals surface area contributed by atoms with Gasteiger partial charge in [0.25, 0.3) is 0 Å². The van der Waals surface area contributed by atoms with Crippen molar-refractivity contribution in [2.75, 3.05) is 0 Å². The molecule has 0 aliphatic rings. The number of nitrogens with one attached hydrogen (secondary N) is 2. The molecule has 0 fully saturated rings. The van der Waals surface area contributed by atoms with Crippen molar-refractivity contribution >= 4 is 15.9 Å². The molecule has 0 bridgehead atoms. The van der Waals surface area contributed by atoms with Crippen LogP contribution in [-0.4, -0.2) is 15.4 Å². The predicted octanol–water partition coefficient (Wildman–Crippen LogP) is 1.45. The second-order valence-corrected chi connectivity index (χ2v) is 4.41. The van der Waals surface area contributed by atoms with Crippen molar-refractivity contribution in [3.8, 4) is 0 Å². The average Bonchev–Trinajstić information content (AvgIpc) is 2.84. The van der Waals surface area contributed by atoms with Gasteiger partial charge in [-0.2, -0.15) is 15.4 Å². The lowest BCUT2D eigenvalue weighted by Crippen LogP contribution is -2.30. The van der Waals surface area contributed by atoms with E-state index in [4.69, 9.17) is 5.84 Å². The summed E-state index contributed by atoms with van der Waals surface area (Å²) in [6.07, 6.45) is 2.10. The van der Waals surface area contributed by atoms with Crippen LogP contribution in [-0.2, 0) is 6.42 Å². The van der Waals surface area contributed by atoms with Crippen molar-refractivity contribution in [1.82, 2.24) is 20.8 Å². The van der Waals surface area contributed by atoms with E-state index in [0.717, 1.165) is 10.0 Å². The molecule has 0 aliphatic carbocycles. The Hall–Kier alpha value is -1.31. The molecule has 1 atom stereocenters. The molecule has 1 heterocycles. The van der Waals surface area contributed by atoms with Gasteiger partial charge in [-0.25, -0.2) is 4.39 Å². The maximum absolute atomic E-state index is 13.1. The number of aromatic amines is 1. The van der Waals surface area contributed by atoms with Gasteiger partial charge in [-0.1, -0.05) is 15.9 Å². The SMILES string of the molecule is NNC(Cc1cc(F)ccc1Br)c1cn[nH]n1. The number of aromatic nitrogens is 3. The lowest BCUT2D eigenvalue weighted by atomic mass is 10.0. The van der Waals surface area contributed by atoms with Crippen LogP contribution in [0.25, 0.3) is 0 Å². The molecule has 0 saturated carbocycles. The number of benzene rings is 1. The van der Waals surface area contributed by atoms with Crippen molar-refractivity contribution in [2.45, 2.75) is 12.5 Å². The van der Waals surface area contributed by atoms with Crippen LogP contribution in [0.5, 0.6) is 0 Å². The fourth-order valence-corrected chi connectivity index (χ4v) is 1.96. The van der Waals surface area contributed by atoms with E-state index in [1.807, 2.05) is 0 Å². The summed E-state index contributed by atoms with van der Waals surface area (Å²) in [6, 6.07) is 4.32. The van der Waals surface area contributed by atoms with E-state index in [2.05, 4.69) is 36.8 Å². The standard InChI is InChI=1S/C10H11BrFN5/c11-8-2-1-7(12)3-6(8)4-9(15-13)10-5-14-17-16-10/h1-3,5,9,15H,4,13H2,(H,14,16,17). The van der Waals surface area contributed by atoms with Crippen LogP contribution in [0, 0.1) is 5.82 Å². The Morgan fingerprint density at radius 1 is 1.53 bits per heavy atom. The second kappa shape index (κ2) is 5.35. The largest absolute Gasteiger partial charge is 0.271 e. The van der Waals surface area contributed by atoms with Crippen LogP contribution in [0.4, 0.5) is 4.39 Å². The maximum atomic E-state index is 13.1. The predicted molar refractivity (Wildman–Crippen MR) is 64.3 cm³/mol. The Kier molecular flexibility index (Phi) is 3.82. The smallest absolute Gasteiger partial charge is 0.123 e. The lowest BCUT2D eigenvalue weighted by Gasteiger charge is -2.14. The fourth-order valence-electron chi connectivity index (χ4n) is 1.55. The van der Waals surface area contributed by atoms with E-state index >= 15 is 0 Å². The van der Waals surface area contributed by atoms with Gasteiger partial charge in [0.05, 0.1) is 12.2 Å². The first-order chi connectivity index (χ1) is 8.20. The first-order valence-electron chi connectivity index (χ1n) is 4.96. The summed E-state index contributed by atoms with van der Waals surface area (Å²) in [6.45, 7) is 0. The molecule has 5 nitrogen and oxygen atoms in total. The molecule has 90 valence electrons. The van der Waals surface area contributed by atoms with Gasteiger partial charge in [0.2, 0.25) is 0 Å². The number of hydrogen-bond acceptors (Lipinski definition) is 4. The third-order valence-electron chi connectivity index (χ3n) is 2.42. The summed E-state index contributed by atoms with van der Waals surface area (Å²) in [7, 11) is 0. The van der Waals surface area contributed by atoms with Crippen LogP contribution in [0.1, 0.15) is 17.3 Å². The summed E-state index contributed by atoms with van der Waals surface area (Å²) in [5, 5.41) is 10.2. The maximum Gasteiger partial charge on any atom is 0.123 e. The Labute approximate surface area is 106 Å². The van der Waals surface area contributed by atoms with Crippen molar-refractivity contribution in [3.05, 3.63) is 45.9 Å². The summed E-state index contributed by atoms with van der Waals surface area (Å²) in [4.78, 5) is 0. The van der Waals surface area contributed by atoms with E-state index in [9.17, 15) is 4.39 Å². The van der Waals surface area contributed by atoms with Gasteiger partial charge in [-0.15, -0.1) is 0 Å². The molecule has 4 N–H and O–H groups in total. The van der Waals surface area contributed by atoms with Gasteiger partial charge in [0, 0.05) is 4.47 Å². The quantitative estimate of drug-likeness (QED) is 0.590. The number of H-pyrrole nitrogens is 1. The molecular weight excluding hydrogens is 289 g/mol. The van der Waals surface area contributed by atoms with Gasteiger partial charge in [0.15, 0.2) is 0 Å². The van der Waals surface area contributed by atoms with E-state index in [0.29, 0.717) is 12.1 Å². The molecule has 1 aromatic heterocycles. The van der Waals surface area contributed by atoms with Gasteiger partial charge >= 0.3 is 0 Å². The first-order valence-corrected chi connectivity index (χ1v) is 5.75. The molecule has 7 heteroatoms. The molecular formula is C10H11BrFN5. The summed E-state index contributed by atoms with van der Waals surface area (Å²) >= 11 is 3.37. The van der Waals surface area contributed by atoms with Gasteiger partial charge < -0.3 is 0 Å². The van der Waals surface area contributed by atoms with E-state index in [-0.39, 0.29) is 11.9 Å². The molecule has 1 unspecified atom stereocenters. The minimum absolute atomic E-state index is 0.216. The molecule has 0 saturated heterocycles. The van der Waals surface area contributed by atoms with Crippen LogP contribution >= 0.6 is 15.9 Å². The number of rotatable bonds is 4. The number of hydrogen-bond donors (Lipinski definition) is 3. The Bertz CT molecular complexity index is 487. The monoisotopic (exact) mass is 299 g/mol. The Balaban J connectivity index is 2.21. The zero-order valence-corrected chi connectivity index (χ0v) is 10.4. The fraction of sp³-hybridized carbons (Fsp3) is 0.200. The van der Waals surface area contributed by atoms with Crippen molar-refractivity contribution < 1.29 is 4.39 Å². The topological polar surface area (TPSA) is 79.6 Å². The molecule has 0 radical (unpaired) electrons. The first kappa shape index (κ1) is 12.2. The van der Waals surface area contributed by atoms with Crippen LogP contribution in [0.2, 0.25) is 0 Å². The van der Waals surface area contributed by atoms with Crippen LogP contribution in [0.15, 0.2) is 28.9 Å². The number of hydrazine groups is 1. The molecule has 2 rings (SSSR count). The van der Waals surface area contributed by atoms with Crippen molar-refractivity contribution in [3.63, 3.8) is 0 Å². The number of halogens is 2. The molecule has 0 amide bonds. The Morgan fingerprint density at radius 2 is 2.35 bits per heavy atom. The van der Waals surface area contributed by atoms with Gasteiger partial charge in [-0.3, -0.25) is 11.3 Å². The van der Waals surface area contributed by atoms with E-state index in [1.165, 1.54) is 12.1 Å². The third-order valence-corrected chi connectivity index (χ3v) is 3.20. The minimum Gasteiger partial charge on any atom is -0.271 e. The molecule has 17 heavy (non-hydrogen) atoms.